The van der Waals surface area contributed by atoms with Crippen LogP contribution >= 0.6 is 11.3 Å². The number of rotatable bonds is 8. The minimum atomic E-state index is -0.0693. The van der Waals surface area contributed by atoms with Crippen LogP contribution in [0.5, 0.6) is 0 Å². The van der Waals surface area contributed by atoms with Crippen LogP contribution in [-0.4, -0.2) is 34.6 Å². The number of thiophene rings is 1. The van der Waals surface area contributed by atoms with Gasteiger partial charge >= 0.3 is 0 Å². The fourth-order valence-corrected chi connectivity index (χ4v) is 5.83. The van der Waals surface area contributed by atoms with Crippen LogP contribution in [0, 0.1) is 0 Å². The van der Waals surface area contributed by atoms with Crippen LogP contribution in [0.3, 0.4) is 0 Å². The van der Waals surface area contributed by atoms with E-state index in [1.54, 1.807) is 23.7 Å². The van der Waals surface area contributed by atoms with Gasteiger partial charge in [-0.05, 0) is 47.2 Å². The zero-order valence-electron chi connectivity index (χ0n) is 22.3. The lowest BCUT2D eigenvalue weighted by molar-refractivity contribution is 0.605. The van der Waals surface area contributed by atoms with Crippen molar-refractivity contribution in [2.24, 2.45) is 5.73 Å². The average molecular weight is 523 g/mol. The van der Waals surface area contributed by atoms with Crippen LogP contribution in [0.1, 0.15) is 31.2 Å². The van der Waals surface area contributed by atoms with Crippen molar-refractivity contribution in [1.29, 1.82) is 0 Å². The number of hydrogen-bond donors (Lipinski definition) is 3. The first kappa shape index (κ1) is 25.8. The van der Waals surface area contributed by atoms with Gasteiger partial charge in [0.25, 0.3) is 0 Å². The standard InChI is InChI=1S/C31H34N6S/c1-31(2,3)28-25(21-10-12-24(33-4)13-11-21)26-27(38-28)30(37-29(36-26)22-14-16-34-17-15-22)35-19-23(32)18-20-8-6-5-7-9-20/h5-17,23,33H,18-19,32H2,1-4H3,(H,35,36,37)/t23-/m0/s1. The van der Waals surface area contributed by atoms with Crippen molar-refractivity contribution in [1.82, 2.24) is 15.0 Å². The summed E-state index contributed by atoms with van der Waals surface area (Å²) in [5.74, 6) is 1.49. The lowest BCUT2D eigenvalue weighted by Gasteiger charge is -2.19. The average Bonchev–Trinajstić information content (AvgIpc) is 3.33. The summed E-state index contributed by atoms with van der Waals surface area (Å²) < 4.78 is 1.05. The van der Waals surface area contributed by atoms with Gasteiger partial charge in [0, 0.05) is 53.7 Å². The normalized spacial score (nSPS) is 12.4. The largest absolute Gasteiger partial charge is 0.388 e. The summed E-state index contributed by atoms with van der Waals surface area (Å²) in [4.78, 5) is 15.6. The Morgan fingerprint density at radius 1 is 0.895 bits per heavy atom. The van der Waals surface area contributed by atoms with Crippen LogP contribution < -0.4 is 16.4 Å². The van der Waals surface area contributed by atoms with Gasteiger partial charge in [-0.15, -0.1) is 11.3 Å². The van der Waals surface area contributed by atoms with Gasteiger partial charge in [-0.3, -0.25) is 4.98 Å². The molecule has 0 fully saturated rings. The molecule has 0 spiro atoms. The first-order valence-corrected chi connectivity index (χ1v) is 13.7. The van der Waals surface area contributed by atoms with Gasteiger partial charge < -0.3 is 16.4 Å². The molecule has 0 saturated carbocycles. The molecule has 5 rings (SSSR count). The van der Waals surface area contributed by atoms with E-state index in [-0.39, 0.29) is 11.5 Å². The number of aromatic nitrogens is 3. The third-order valence-electron chi connectivity index (χ3n) is 6.49. The highest BCUT2D eigenvalue weighted by molar-refractivity contribution is 7.20. The van der Waals surface area contributed by atoms with Crippen molar-refractivity contribution in [3.05, 3.63) is 89.6 Å². The van der Waals surface area contributed by atoms with E-state index in [0.717, 1.165) is 44.8 Å². The predicted molar refractivity (Wildman–Crippen MR) is 161 cm³/mol. The van der Waals surface area contributed by atoms with E-state index in [1.165, 1.54) is 10.4 Å². The van der Waals surface area contributed by atoms with Gasteiger partial charge in [0.1, 0.15) is 5.82 Å². The molecule has 6 nitrogen and oxygen atoms in total. The van der Waals surface area contributed by atoms with Crippen molar-refractivity contribution in [3.8, 4) is 22.5 Å². The maximum Gasteiger partial charge on any atom is 0.162 e. The summed E-state index contributed by atoms with van der Waals surface area (Å²) in [7, 11) is 1.93. The zero-order chi connectivity index (χ0) is 26.7. The number of nitrogens with two attached hydrogens (primary N) is 1. The SMILES string of the molecule is CNc1ccc(-c2c(C(C)(C)C)sc3c(NC[C@@H](N)Cc4ccccc4)nc(-c4ccncc4)nc23)cc1. The van der Waals surface area contributed by atoms with E-state index >= 15 is 0 Å². The fourth-order valence-electron chi connectivity index (χ4n) is 4.54. The van der Waals surface area contributed by atoms with E-state index in [4.69, 9.17) is 15.7 Å². The first-order chi connectivity index (χ1) is 18.3. The molecule has 0 saturated heterocycles. The third-order valence-corrected chi connectivity index (χ3v) is 8.10. The summed E-state index contributed by atoms with van der Waals surface area (Å²) >= 11 is 1.77. The Labute approximate surface area is 228 Å². The summed E-state index contributed by atoms with van der Waals surface area (Å²) in [5, 5.41) is 6.80. The third kappa shape index (κ3) is 5.54. The molecule has 2 aromatic carbocycles. The zero-order valence-corrected chi connectivity index (χ0v) is 23.1. The topological polar surface area (TPSA) is 88.8 Å². The molecule has 3 heterocycles. The van der Waals surface area contributed by atoms with Crippen LogP contribution in [0.2, 0.25) is 0 Å². The lowest BCUT2D eigenvalue weighted by atomic mass is 9.89. The molecule has 0 radical (unpaired) electrons. The van der Waals surface area contributed by atoms with E-state index in [0.29, 0.717) is 12.4 Å². The number of pyridine rings is 1. The second-order valence-electron chi connectivity index (χ2n) is 10.5. The Bertz CT molecular complexity index is 1510. The van der Waals surface area contributed by atoms with Gasteiger partial charge in [0.2, 0.25) is 0 Å². The molecular formula is C31H34N6S. The summed E-state index contributed by atoms with van der Waals surface area (Å²) in [6.07, 6.45) is 4.34. The van der Waals surface area contributed by atoms with E-state index in [2.05, 4.69) is 84.9 Å². The summed E-state index contributed by atoms with van der Waals surface area (Å²) in [6, 6.07) is 22.8. The van der Waals surface area contributed by atoms with E-state index in [9.17, 15) is 0 Å². The number of nitrogens with zero attached hydrogens (tertiary/aromatic N) is 3. The summed E-state index contributed by atoms with van der Waals surface area (Å²) in [5.41, 5.74) is 13.0. The second-order valence-corrected chi connectivity index (χ2v) is 11.5. The number of fused-ring (bicyclic) bond motifs is 1. The number of benzene rings is 2. The molecule has 1 atom stereocenters. The van der Waals surface area contributed by atoms with Gasteiger partial charge in [0.15, 0.2) is 5.82 Å². The maximum atomic E-state index is 6.55. The van der Waals surface area contributed by atoms with E-state index < -0.39 is 0 Å². The van der Waals surface area contributed by atoms with Crippen LogP contribution in [0.25, 0.3) is 32.7 Å². The molecule has 7 heteroatoms. The molecule has 38 heavy (non-hydrogen) atoms. The van der Waals surface area contributed by atoms with Crippen LogP contribution in [0.15, 0.2) is 79.1 Å². The maximum absolute atomic E-state index is 6.55. The highest BCUT2D eigenvalue weighted by Gasteiger charge is 2.27. The first-order valence-electron chi connectivity index (χ1n) is 12.9. The number of anilines is 2. The fraction of sp³-hybridized carbons (Fsp3) is 0.258. The summed E-state index contributed by atoms with van der Waals surface area (Å²) in [6.45, 7) is 7.36. The molecular weight excluding hydrogens is 488 g/mol. The van der Waals surface area contributed by atoms with Crippen molar-refractivity contribution in [3.63, 3.8) is 0 Å². The smallest absolute Gasteiger partial charge is 0.162 e. The van der Waals surface area contributed by atoms with Gasteiger partial charge in [-0.1, -0.05) is 63.2 Å². The van der Waals surface area contributed by atoms with E-state index in [1.807, 2.05) is 25.2 Å². The predicted octanol–water partition coefficient (Wildman–Crippen LogP) is 6.74. The molecule has 0 aliphatic carbocycles. The molecule has 194 valence electrons. The van der Waals surface area contributed by atoms with Crippen molar-refractivity contribution < 1.29 is 0 Å². The molecule has 3 aromatic heterocycles. The molecule has 0 unspecified atom stereocenters. The van der Waals surface area contributed by atoms with Gasteiger partial charge in [-0.25, -0.2) is 9.97 Å². The van der Waals surface area contributed by atoms with Gasteiger partial charge in [-0.2, -0.15) is 0 Å². The van der Waals surface area contributed by atoms with Gasteiger partial charge in [0.05, 0.1) is 10.2 Å². The molecule has 0 bridgehead atoms. The molecule has 0 amide bonds. The minimum Gasteiger partial charge on any atom is -0.388 e. The molecule has 4 N–H and O–H groups in total. The highest BCUT2D eigenvalue weighted by Crippen LogP contribution is 2.46. The van der Waals surface area contributed by atoms with Crippen LogP contribution in [-0.2, 0) is 11.8 Å². The second kappa shape index (κ2) is 10.9. The number of hydrogen-bond acceptors (Lipinski definition) is 7. The van der Waals surface area contributed by atoms with Crippen molar-refractivity contribution >= 4 is 33.1 Å². The molecule has 5 aromatic rings. The Balaban J connectivity index is 1.62. The van der Waals surface area contributed by atoms with Crippen molar-refractivity contribution in [2.45, 2.75) is 38.6 Å². The Morgan fingerprint density at radius 2 is 1.61 bits per heavy atom. The minimum absolute atomic E-state index is 0.0533. The quantitative estimate of drug-likeness (QED) is 0.209. The van der Waals surface area contributed by atoms with Crippen molar-refractivity contribution in [2.75, 3.05) is 24.2 Å². The Hall–Kier alpha value is -3.81. The molecule has 0 aliphatic rings. The monoisotopic (exact) mass is 522 g/mol. The highest BCUT2D eigenvalue weighted by atomic mass is 32.1. The Kier molecular flexibility index (Phi) is 7.40. The Morgan fingerprint density at radius 3 is 2.26 bits per heavy atom. The van der Waals surface area contributed by atoms with Crippen LogP contribution in [0.4, 0.5) is 11.5 Å². The number of nitrogens with one attached hydrogen (secondary N) is 2. The molecule has 0 aliphatic heterocycles. The lowest BCUT2D eigenvalue weighted by Crippen LogP contribution is -2.31.